The molecule has 0 aromatic rings. The molecule has 0 saturated carbocycles. The van der Waals surface area contributed by atoms with Gasteiger partial charge < -0.3 is 13.3 Å². The summed E-state index contributed by atoms with van der Waals surface area (Å²) in [5.74, 6) is 0.646. The van der Waals surface area contributed by atoms with E-state index in [1.165, 1.54) is 0 Å². The van der Waals surface area contributed by atoms with Gasteiger partial charge in [0.1, 0.15) is 0 Å². The minimum Gasteiger partial charge on any atom is -0.374 e. The van der Waals surface area contributed by atoms with Gasteiger partial charge in [0.05, 0.1) is 0 Å². The normalized spacial score (nSPS) is 14.3. The molecule has 0 spiro atoms. The minimum atomic E-state index is -2.49. The highest BCUT2D eigenvalue weighted by atomic mass is 28.4. The molecule has 1 unspecified atom stereocenters. The standard InChI is InChI=1S/C13H30O3Si/c1-7-13(11-12(5)6)17(14-8-2,15-9-3)16-10-4/h12-13H,7-11H2,1-6H3. The fourth-order valence-corrected chi connectivity index (χ4v) is 5.64. The molecule has 0 bridgehead atoms. The van der Waals surface area contributed by atoms with Crippen LogP contribution in [0.4, 0.5) is 0 Å². The van der Waals surface area contributed by atoms with Crippen LogP contribution in [0.15, 0.2) is 0 Å². The molecular weight excluding hydrogens is 232 g/mol. The van der Waals surface area contributed by atoms with Crippen LogP contribution in [0.3, 0.4) is 0 Å². The fraction of sp³-hybridized carbons (Fsp3) is 1.00. The topological polar surface area (TPSA) is 27.7 Å². The van der Waals surface area contributed by atoms with Crippen LogP contribution in [0.2, 0.25) is 5.54 Å². The smallest absolute Gasteiger partial charge is 0.374 e. The van der Waals surface area contributed by atoms with Crippen LogP contribution in [-0.4, -0.2) is 28.6 Å². The van der Waals surface area contributed by atoms with Gasteiger partial charge in [-0.25, -0.2) is 0 Å². The van der Waals surface area contributed by atoms with Gasteiger partial charge >= 0.3 is 8.80 Å². The molecule has 0 aromatic heterocycles. The van der Waals surface area contributed by atoms with Crippen molar-refractivity contribution in [1.82, 2.24) is 0 Å². The summed E-state index contributed by atoms with van der Waals surface area (Å²) in [5, 5.41) is 0. The van der Waals surface area contributed by atoms with Crippen molar-refractivity contribution in [2.24, 2.45) is 5.92 Å². The maximum Gasteiger partial charge on any atom is 0.504 e. The molecule has 104 valence electrons. The van der Waals surface area contributed by atoms with Gasteiger partial charge in [0.2, 0.25) is 0 Å². The summed E-state index contributed by atoms with van der Waals surface area (Å²) in [7, 11) is -2.49. The van der Waals surface area contributed by atoms with Gasteiger partial charge in [-0.15, -0.1) is 0 Å². The Morgan fingerprint density at radius 1 is 0.824 bits per heavy atom. The van der Waals surface area contributed by atoms with Gasteiger partial charge in [-0.1, -0.05) is 20.8 Å². The summed E-state index contributed by atoms with van der Waals surface area (Å²) < 4.78 is 17.9. The second-order valence-electron chi connectivity index (χ2n) is 4.64. The van der Waals surface area contributed by atoms with Crippen molar-refractivity contribution >= 4 is 8.80 Å². The molecule has 17 heavy (non-hydrogen) atoms. The van der Waals surface area contributed by atoms with Gasteiger partial charge in [-0.05, 0) is 39.5 Å². The van der Waals surface area contributed by atoms with Gasteiger partial charge in [-0.2, -0.15) is 0 Å². The van der Waals surface area contributed by atoms with E-state index in [1.54, 1.807) is 0 Å². The monoisotopic (exact) mass is 262 g/mol. The van der Waals surface area contributed by atoms with Crippen LogP contribution in [0, 0.1) is 5.92 Å². The molecule has 0 fully saturated rings. The Hall–Kier alpha value is 0.0969. The van der Waals surface area contributed by atoms with Gasteiger partial charge in [0, 0.05) is 25.4 Å². The lowest BCUT2D eigenvalue weighted by molar-refractivity contribution is 0.0577. The van der Waals surface area contributed by atoms with E-state index in [0.29, 0.717) is 31.3 Å². The average Bonchev–Trinajstić information content (AvgIpc) is 2.26. The third-order valence-corrected chi connectivity index (χ3v) is 6.50. The van der Waals surface area contributed by atoms with Crippen LogP contribution < -0.4 is 0 Å². The summed E-state index contributed by atoms with van der Waals surface area (Å²) in [6.45, 7) is 14.7. The quantitative estimate of drug-likeness (QED) is 0.560. The van der Waals surface area contributed by atoms with Crippen molar-refractivity contribution in [1.29, 1.82) is 0 Å². The molecule has 0 heterocycles. The highest BCUT2D eigenvalue weighted by Gasteiger charge is 2.48. The Kier molecular flexibility index (Phi) is 9.14. The van der Waals surface area contributed by atoms with Crippen LogP contribution in [0.25, 0.3) is 0 Å². The van der Waals surface area contributed by atoms with E-state index >= 15 is 0 Å². The van der Waals surface area contributed by atoms with Crippen molar-refractivity contribution in [3.8, 4) is 0 Å². The van der Waals surface area contributed by atoms with Crippen molar-refractivity contribution in [3.63, 3.8) is 0 Å². The lowest BCUT2D eigenvalue weighted by Crippen LogP contribution is -2.50. The molecule has 1 atom stereocenters. The van der Waals surface area contributed by atoms with Crippen LogP contribution in [0.1, 0.15) is 54.4 Å². The maximum atomic E-state index is 5.96. The SMILES string of the molecule is CCO[Si](OCC)(OCC)C(CC)CC(C)C. The van der Waals surface area contributed by atoms with Gasteiger partial charge in [-0.3, -0.25) is 0 Å². The number of hydrogen-bond donors (Lipinski definition) is 0. The van der Waals surface area contributed by atoms with E-state index in [0.717, 1.165) is 12.8 Å². The molecule has 0 aromatic carbocycles. The first-order valence-corrected chi connectivity index (χ1v) is 8.78. The van der Waals surface area contributed by atoms with Gasteiger partial charge in [0.15, 0.2) is 0 Å². The molecule has 3 nitrogen and oxygen atoms in total. The lowest BCUT2D eigenvalue weighted by atomic mass is 10.1. The molecule has 0 aliphatic rings. The molecule has 0 radical (unpaired) electrons. The van der Waals surface area contributed by atoms with Crippen molar-refractivity contribution < 1.29 is 13.3 Å². The van der Waals surface area contributed by atoms with Crippen LogP contribution in [0.5, 0.6) is 0 Å². The molecule has 0 aliphatic carbocycles. The second-order valence-corrected chi connectivity index (χ2v) is 7.53. The molecule has 4 heteroatoms. The predicted octanol–water partition coefficient (Wildman–Crippen LogP) is 3.86. The number of rotatable bonds is 10. The van der Waals surface area contributed by atoms with Gasteiger partial charge in [0.25, 0.3) is 0 Å². The Bertz CT molecular complexity index is 168. The van der Waals surface area contributed by atoms with Crippen molar-refractivity contribution in [3.05, 3.63) is 0 Å². The summed E-state index contributed by atoms with van der Waals surface area (Å²) in [4.78, 5) is 0. The summed E-state index contributed by atoms with van der Waals surface area (Å²) >= 11 is 0. The van der Waals surface area contributed by atoms with E-state index in [4.69, 9.17) is 13.3 Å². The summed E-state index contributed by atoms with van der Waals surface area (Å²) in [6.07, 6.45) is 2.17. The zero-order valence-corrected chi connectivity index (χ0v) is 13.4. The molecule has 0 saturated heterocycles. The summed E-state index contributed by atoms with van der Waals surface area (Å²) in [6, 6.07) is 0. The highest BCUT2D eigenvalue weighted by Crippen LogP contribution is 2.34. The minimum absolute atomic E-state index is 0.419. The van der Waals surface area contributed by atoms with E-state index in [2.05, 4.69) is 20.8 Å². The molecule has 0 rings (SSSR count). The Morgan fingerprint density at radius 3 is 1.47 bits per heavy atom. The highest BCUT2D eigenvalue weighted by molar-refractivity contribution is 6.62. The molecular formula is C13H30O3Si. The molecule has 0 N–H and O–H groups in total. The van der Waals surface area contributed by atoms with Crippen LogP contribution >= 0.6 is 0 Å². The predicted molar refractivity (Wildman–Crippen MR) is 74.1 cm³/mol. The average molecular weight is 262 g/mol. The van der Waals surface area contributed by atoms with E-state index in [-0.39, 0.29) is 0 Å². The van der Waals surface area contributed by atoms with Crippen molar-refractivity contribution in [2.75, 3.05) is 19.8 Å². The molecule has 0 aliphatic heterocycles. The molecule has 0 amide bonds. The lowest BCUT2D eigenvalue weighted by Gasteiger charge is -2.35. The zero-order chi connectivity index (χ0) is 13.3. The second kappa shape index (κ2) is 9.08. The third kappa shape index (κ3) is 5.51. The van der Waals surface area contributed by atoms with E-state index in [9.17, 15) is 0 Å². The fourth-order valence-electron chi connectivity index (χ4n) is 2.21. The zero-order valence-electron chi connectivity index (χ0n) is 12.4. The maximum absolute atomic E-state index is 5.96. The largest absolute Gasteiger partial charge is 0.504 e. The Labute approximate surface area is 108 Å². The first-order chi connectivity index (χ1) is 8.06. The van der Waals surface area contributed by atoms with Crippen molar-refractivity contribution in [2.45, 2.75) is 59.9 Å². The van der Waals surface area contributed by atoms with E-state index in [1.807, 2.05) is 20.8 Å². The first-order valence-electron chi connectivity index (χ1n) is 6.97. The first kappa shape index (κ1) is 17.1. The van der Waals surface area contributed by atoms with Crippen LogP contribution in [-0.2, 0) is 13.3 Å². The number of hydrogen-bond acceptors (Lipinski definition) is 3. The Morgan fingerprint density at radius 2 is 1.24 bits per heavy atom. The van der Waals surface area contributed by atoms with E-state index < -0.39 is 8.80 Å². The third-order valence-electron chi connectivity index (χ3n) is 2.79. The Balaban J connectivity index is 4.89. The summed E-state index contributed by atoms with van der Waals surface area (Å²) in [5.41, 5.74) is 0.419.